The molecule has 1 fully saturated rings. The van der Waals surface area contributed by atoms with Crippen molar-refractivity contribution < 1.29 is 0 Å². The number of hydrogen-bond acceptors (Lipinski definition) is 1. The molecule has 1 N–H and O–H groups in total. The molecule has 0 bridgehead atoms. The van der Waals surface area contributed by atoms with Crippen LogP contribution in [0.2, 0.25) is 0 Å². The molecule has 1 heteroatoms. The van der Waals surface area contributed by atoms with Crippen LogP contribution in [0.1, 0.15) is 52.4 Å². The lowest BCUT2D eigenvalue weighted by Crippen LogP contribution is -2.13. The van der Waals surface area contributed by atoms with E-state index in [2.05, 4.69) is 19.2 Å². The normalized spacial score (nSPS) is 22.8. The van der Waals surface area contributed by atoms with E-state index in [1.807, 2.05) is 0 Å². The first-order valence-electron chi connectivity index (χ1n) is 6.07. The zero-order valence-electron chi connectivity index (χ0n) is 9.31. The molecule has 1 aliphatic heterocycles. The Bertz CT molecular complexity index is 110. The van der Waals surface area contributed by atoms with Crippen LogP contribution in [0.5, 0.6) is 0 Å². The fraction of sp³-hybridized carbons (Fsp3) is 1.00. The van der Waals surface area contributed by atoms with Crippen LogP contribution >= 0.6 is 0 Å². The molecule has 0 spiro atoms. The van der Waals surface area contributed by atoms with Crippen molar-refractivity contribution in [3.05, 3.63) is 0 Å². The van der Waals surface area contributed by atoms with Gasteiger partial charge in [0.25, 0.3) is 0 Å². The third-order valence-electron chi connectivity index (χ3n) is 3.22. The van der Waals surface area contributed by atoms with Gasteiger partial charge in [0.1, 0.15) is 0 Å². The van der Waals surface area contributed by atoms with E-state index in [-0.39, 0.29) is 0 Å². The summed E-state index contributed by atoms with van der Waals surface area (Å²) in [5, 5.41) is 3.46. The van der Waals surface area contributed by atoms with E-state index in [4.69, 9.17) is 0 Å². The van der Waals surface area contributed by atoms with Crippen LogP contribution in [0.15, 0.2) is 0 Å². The van der Waals surface area contributed by atoms with Gasteiger partial charge in [0.15, 0.2) is 0 Å². The monoisotopic (exact) mass is 183 g/mol. The molecule has 1 atom stereocenters. The highest BCUT2D eigenvalue weighted by molar-refractivity contribution is 4.74. The molecule has 0 aromatic carbocycles. The second kappa shape index (κ2) is 6.42. The second-order valence-corrected chi connectivity index (χ2v) is 4.54. The fourth-order valence-corrected chi connectivity index (χ4v) is 2.58. The third kappa shape index (κ3) is 4.12. The molecular formula is C12H25N. The van der Waals surface area contributed by atoms with Crippen molar-refractivity contribution in [2.24, 2.45) is 11.8 Å². The minimum Gasteiger partial charge on any atom is -0.316 e. The molecule has 1 rings (SSSR count). The second-order valence-electron chi connectivity index (χ2n) is 4.54. The highest BCUT2D eigenvalue weighted by Gasteiger charge is 2.18. The van der Waals surface area contributed by atoms with Crippen LogP contribution in [0, 0.1) is 11.8 Å². The van der Waals surface area contributed by atoms with Gasteiger partial charge in [0.2, 0.25) is 0 Å². The van der Waals surface area contributed by atoms with Crippen molar-refractivity contribution in [1.82, 2.24) is 5.32 Å². The lowest BCUT2D eigenvalue weighted by molar-refractivity contribution is 0.344. The fourth-order valence-electron chi connectivity index (χ4n) is 2.58. The third-order valence-corrected chi connectivity index (χ3v) is 3.22. The van der Waals surface area contributed by atoms with Crippen molar-refractivity contribution in [2.75, 3.05) is 13.1 Å². The summed E-state index contributed by atoms with van der Waals surface area (Å²) < 4.78 is 0. The summed E-state index contributed by atoms with van der Waals surface area (Å²) in [7, 11) is 0. The van der Waals surface area contributed by atoms with Crippen LogP contribution in [0.4, 0.5) is 0 Å². The molecule has 1 unspecified atom stereocenters. The first-order valence-corrected chi connectivity index (χ1v) is 6.07. The SMILES string of the molecule is CCCC(CCC)CC1CCNC1. The topological polar surface area (TPSA) is 12.0 Å². The molecule has 13 heavy (non-hydrogen) atoms. The van der Waals surface area contributed by atoms with Crippen molar-refractivity contribution in [2.45, 2.75) is 52.4 Å². The van der Waals surface area contributed by atoms with Crippen molar-refractivity contribution in [3.63, 3.8) is 0 Å². The van der Waals surface area contributed by atoms with Gasteiger partial charge in [-0.05, 0) is 37.8 Å². The summed E-state index contributed by atoms with van der Waals surface area (Å²) in [4.78, 5) is 0. The van der Waals surface area contributed by atoms with E-state index in [9.17, 15) is 0 Å². The van der Waals surface area contributed by atoms with Gasteiger partial charge in [-0.25, -0.2) is 0 Å². The maximum absolute atomic E-state index is 3.46. The van der Waals surface area contributed by atoms with Gasteiger partial charge in [-0.3, -0.25) is 0 Å². The van der Waals surface area contributed by atoms with Crippen LogP contribution < -0.4 is 5.32 Å². The van der Waals surface area contributed by atoms with Crippen LogP contribution in [0.3, 0.4) is 0 Å². The summed E-state index contributed by atoms with van der Waals surface area (Å²) in [6, 6.07) is 0. The molecule has 1 saturated heterocycles. The van der Waals surface area contributed by atoms with E-state index in [1.54, 1.807) is 0 Å². The molecule has 0 amide bonds. The van der Waals surface area contributed by atoms with Crippen molar-refractivity contribution >= 4 is 0 Å². The van der Waals surface area contributed by atoms with Gasteiger partial charge < -0.3 is 5.32 Å². The molecule has 0 aromatic rings. The van der Waals surface area contributed by atoms with E-state index in [0.29, 0.717) is 0 Å². The average Bonchev–Trinajstić information content (AvgIpc) is 2.58. The highest BCUT2D eigenvalue weighted by Crippen LogP contribution is 2.25. The average molecular weight is 183 g/mol. The molecule has 1 aliphatic rings. The van der Waals surface area contributed by atoms with Gasteiger partial charge in [0, 0.05) is 0 Å². The molecule has 78 valence electrons. The smallest absolute Gasteiger partial charge is 0.00199 e. The van der Waals surface area contributed by atoms with E-state index >= 15 is 0 Å². The van der Waals surface area contributed by atoms with E-state index < -0.39 is 0 Å². The number of nitrogens with one attached hydrogen (secondary N) is 1. The lowest BCUT2D eigenvalue weighted by Gasteiger charge is -2.18. The Kier molecular flexibility index (Phi) is 5.45. The summed E-state index contributed by atoms with van der Waals surface area (Å²) in [5.41, 5.74) is 0. The zero-order chi connectivity index (χ0) is 9.52. The molecule has 0 radical (unpaired) electrons. The Morgan fingerprint density at radius 3 is 2.38 bits per heavy atom. The molecular weight excluding hydrogens is 158 g/mol. The van der Waals surface area contributed by atoms with Gasteiger partial charge in [-0.2, -0.15) is 0 Å². The van der Waals surface area contributed by atoms with E-state index in [1.165, 1.54) is 51.6 Å². The standard InChI is InChI=1S/C12H25N/c1-3-5-11(6-4-2)9-12-7-8-13-10-12/h11-13H,3-10H2,1-2H3. The first kappa shape index (κ1) is 11.0. The predicted molar refractivity (Wildman–Crippen MR) is 58.9 cm³/mol. The summed E-state index contributed by atoms with van der Waals surface area (Å²) in [6.07, 6.45) is 8.53. The molecule has 1 nitrogen and oxygen atoms in total. The number of hydrogen-bond donors (Lipinski definition) is 1. The Morgan fingerprint density at radius 2 is 1.92 bits per heavy atom. The van der Waals surface area contributed by atoms with Gasteiger partial charge >= 0.3 is 0 Å². The minimum absolute atomic E-state index is 0.989. The predicted octanol–water partition coefficient (Wildman–Crippen LogP) is 3.20. The molecule has 1 heterocycles. The Morgan fingerprint density at radius 1 is 1.23 bits per heavy atom. The van der Waals surface area contributed by atoms with Crippen molar-refractivity contribution in [1.29, 1.82) is 0 Å². The minimum atomic E-state index is 0.989. The zero-order valence-corrected chi connectivity index (χ0v) is 9.31. The summed E-state index contributed by atoms with van der Waals surface area (Å²) in [5.74, 6) is 2.00. The maximum Gasteiger partial charge on any atom is -0.00199 e. The van der Waals surface area contributed by atoms with Crippen molar-refractivity contribution in [3.8, 4) is 0 Å². The summed E-state index contributed by atoms with van der Waals surface area (Å²) >= 11 is 0. The molecule has 0 aliphatic carbocycles. The first-order chi connectivity index (χ1) is 6.36. The molecule has 0 aromatic heterocycles. The van der Waals surface area contributed by atoms with Gasteiger partial charge in [-0.15, -0.1) is 0 Å². The van der Waals surface area contributed by atoms with Crippen LogP contribution in [0.25, 0.3) is 0 Å². The number of rotatable bonds is 6. The quantitative estimate of drug-likeness (QED) is 0.667. The Hall–Kier alpha value is -0.0400. The molecule has 0 saturated carbocycles. The van der Waals surface area contributed by atoms with Gasteiger partial charge in [-0.1, -0.05) is 39.5 Å². The largest absolute Gasteiger partial charge is 0.316 e. The van der Waals surface area contributed by atoms with Gasteiger partial charge in [0.05, 0.1) is 0 Å². The van der Waals surface area contributed by atoms with Crippen LogP contribution in [-0.4, -0.2) is 13.1 Å². The Balaban J connectivity index is 2.19. The Labute approximate surface area is 83.3 Å². The van der Waals surface area contributed by atoms with E-state index in [0.717, 1.165) is 11.8 Å². The highest BCUT2D eigenvalue weighted by atomic mass is 14.9. The summed E-state index contributed by atoms with van der Waals surface area (Å²) in [6.45, 7) is 7.17. The lowest BCUT2D eigenvalue weighted by atomic mass is 9.87. The van der Waals surface area contributed by atoms with Crippen LogP contribution in [-0.2, 0) is 0 Å². The maximum atomic E-state index is 3.46.